The molecule has 0 unspecified atom stereocenters. The van der Waals surface area contributed by atoms with E-state index >= 15 is 0 Å². The van der Waals surface area contributed by atoms with Crippen molar-refractivity contribution in [2.45, 2.75) is 56.4 Å². The largest absolute Gasteiger partial charge is 0.493 e. The van der Waals surface area contributed by atoms with Crippen molar-refractivity contribution >= 4 is 23.6 Å². The van der Waals surface area contributed by atoms with Gasteiger partial charge in [-0.05, 0) is 40.2 Å². The molecule has 3 rings (SSSR count). The Morgan fingerprint density at radius 1 is 1.28 bits per heavy atom. The number of ether oxygens (including phenoxy) is 3. The second-order valence-electron chi connectivity index (χ2n) is 8.02. The van der Waals surface area contributed by atoms with Crippen molar-refractivity contribution in [2.75, 3.05) is 27.4 Å². The number of benzene rings is 1. The van der Waals surface area contributed by atoms with Crippen molar-refractivity contribution in [2.24, 2.45) is 0 Å². The van der Waals surface area contributed by atoms with Gasteiger partial charge in [0.05, 0.1) is 25.9 Å². The summed E-state index contributed by atoms with van der Waals surface area (Å²) in [6, 6.07) is 3.13. The van der Waals surface area contributed by atoms with Gasteiger partial charge in [0.25, 0.3) is 5.91 Å². The molecular formula is C21H30N2O5S. The topological polar surface area (TPSA) is 77.1 Å². The van der Waals surface area contributed by atoms with Crippen LogP contribution in [-0.4, -0.2) is 61.0 Å². The molecule has 2 aliphatic heterocycles. The van der Waals surface area contributed by atoms with E-state index in [1.54, 1.807) is 23.8 Å². The second-order valence-corrected chi connectivity index (χ2v) is 9.75. The van der Waals surface area contributed by atoms with E-state index in [0.717, 1.165) is 12.0 Å². The second kappa shape index (κ2) is 8.44. The fourth-order valence-corrected chi connectivity index (χ4v) is 5.53. The van der Waals surface area contributed by atoms with Gasteiger partial charge < -0.3 is 24.4 Å². The number of carbonyl (C=O) groups is 2. The highest BCUT2D eigenvalue weighted by Gasteiger charge is 2.58. The summed E-state index contributed by atoms with van der Waals surface area (Å²) in [5, 5.41) is 2.77. The Hall–Kier alpha value is -1.93. The lowest BCUT2D eigenvalue weighted by Gasteiger charge is -2.29. The Morgan fingerprint density at radius 3 is 2.62 bits per heavy atom. The lowest BCUT2D eigenvalue weighted by molar-refractivity contribution is -0.126. The summed E-state index contributed by atoms with van der Waals surface area (Å²) in [6.07, 6.45) is 0.900. The molecule has 0 spiro atoms. The van der Waals surface area contributed by atoms with Gasteiger partial charge in [0, 0.05) is 23.5 Å². The first-order valence-electron chi connectivity index (χ1n) is 9.87. The van der Waals surface area contributed by atoms with Crippen LogP contribution in [-0.2, 0) is 9.53 Å². The van der Waals surface area contributed by atoms with Crippen molar-refractivity contribution in [3.63, 3.8) is 0 Å². The lowest BCUT2D eigenvalue weighted by Crippen LogP contribution is -2.52. The van der Waals surface area contributed by atoms with Gasteiger partial charge in [-0.15, -0.1) is 11.8 Å². The first-order chi connectivity index (χ1) is 13.7. The number of amides is 2. The highest BCUT2D eigenvalue weighted by molar-refractivity contribution is 8.01. The summed E-state index contributed by atoms with van der Waals surface area (Å²) in [5.41, 5.74) is 1.36. The van der Waals surface area contributed by atoms with Gasteiger partial charge >= 0.3 is 0 Å². The number of rotatable bonds is 8. The summed E-state index contributed by atoms with van der Waals surface area (Å²) in [5.74, 6) is 0.604. The molecule has 2 aliphatic rings. The normalized spacial score (nSPS) is 21.9. The Kier molecular flexibility index (Phi) is 6.33. The highest BCUT2D eigenvalue weighted by atomic mass is 32.2. The molecule has 1 N–H and O–H groups in total. The summed E-state index contributed by atoms with van der Waals surface area (Å²) < 4.78 is 15.9. The number of hydrogen-bond acceptors (Lipinski definition) is 6. The van der Waals surface area contributed by atoms with Crippen LogP contribution < -0.4 is 14.8 Å². The maximum Gasteiger partial charge on any atom is 0.260 e. The van der Waals surface area contributed by atoms with Gasteiger partial charge in [-0.25, -0.2) is 0 Å². The van der Waals surface area contributed by atoms with Crippen LogP contribution in [0.4, 0.5) is 0 Å². The van der Waals surface area contributed by atoms with Crippen molar-refractivity contribution in [3.8, 4) is 11.5 Å². The third-order valence-corrected chi connectivity index (χ3v) is 6.75. The molecule has 0 saturated carbocycles. The summed E-state index contributed by atoms with van der Waals surface area (Å²) in [4.78, 5) is 28.1. The van der Waals surface area contributed by atoms with E-state index in [4.69, 9.17) is 14.2 Å². The van der Waals surface area contributed by atoms with Gasteiger partial charge in [-0.2, -0.15) is 0 Å². The van der Waals surface area contributed by atoms with E-state index in [1.165, 1.54) is 7.11 Å². The average Bonchev–Trinajstić information content (AvgIpc) is 3.09. The zero-order valence-electron chi connectivity index (χ0n) is 17.9. The number of nitrogens with zero attached hydrogens (tertiary/aromatic N) is 1. The first-order valence-corrected chi connectivity index (χ1v) is 10.8. The van der Waals surface area contributed by atoms with Crippen molar-refractivity contribution in [3.05, 3.63) is 23.3 Å². The summed E-state index contributed by atoms with van der Waals surface area (Å²) >= 11 is 1.62. The molecule has 7 nitrogen and oxygen atoms in total. The molecule has 1 saturated heterocycles. The van der Waals surface area contributed by atoms with E-state index in [9.17, 15) is 9.59 Å². The van der Waals surface area contributed by atoms with Crippen LogP contribution in [0.1, 0.15) is 55.4 Å². The van der Waals surface area contributed by atoms with E-state index in [1.807, 2.05) is 39.8 Å². The minimum Gasteiger partial charge on any atom is -0.493 e. The SMILES string of the molecule is COc1ccc2c(c1OC)C(=O)N1[C@H]2SC(C)(C)[C@H]1C(=O)NCCCOC(C)C. The fourth-order valence-electron chi connectivity index (χ4n) is 3.96. The first kappa shape index (κ1) is 21.8. The quantitative estimate of drug-likeness (QED) is 0.649. The molecule has 0 aliphatic carbocycles. The summed E-state index contributed by atoms with van der Waals surface area (Å²) in [7, 11) is 3.07. The van der Waals surface area contributed by atoms with Gasteiger partial charge in [-0.1, -0.05) is 6.07 Å². The van der Waals surface area contributed by atoms with Crippen LogP contribution in [0.25, 0.3) is 0 Å². The zero-order chi connectivity index (χ0) is 21.3. The molecule has 0 bridgehead atoms. The van der Waals surface area contributed by atoms with E-state index < -0.39 is 10.8 Å². The molecule has 1 fully saturated rings. The van der Waals surface area contributed by atoms with Crippen LogP contribution in [0.3, 0.4) is 0 Å². The third kappa shape index (κ3) is 3.92. The van der Waals surface area contributed by atoms with Gasteiger partial charge in [-0.3, -0.25) is 9.59 Å². The molecule has 1 aromatic rings. The molecule has 2 heterocycles. The number of methoxy groups -OCH3 is 2. The standard InChI is InChI=1S/C21H30N2O5S/c1-12(2)28-11-7-10-22-18(24)17-21(3,4)29-20-13-8-9-14(26-5)16(27-6)15(13)19(25)23(17)20/h8-9,12,17,20H,7,10-11H2,1-6H3,(H,22,24)/t17-,20+/m1/s1. The van der Waals surface area contributed by atoms with Gasteiger partial charge in [0.15, 0.2) is 11.5 Å². The third-order valence-electron chi connectivity index (χ3n) is 5.22. The maximum atomic E-state index is 13.4. The molecule has 2 atom stereocenters. The number of carbonyl (C=O) groups excluding carboxylic acids is 2. The predicted octanol–water partition coefficient (Wildman–Crippen LogP) is 2.98. The van der Waals surface area contributed by atoms with Crippen molar-refractivity contribution in [1.29, 1.82) is 0 Å². The van der Waals surface area contributed by atoms with Gasteiger partial charge in [0.2, 0.25) is 5.91 Å². The molecule has 0 aromatic heterocycles. The number of hydrogen-bond donors (Lipinski definition) is 1. The molecular weight excluding hydrogens is 392 g/mol. The lowest BCUT2D eigenvalue weighted by atomic mass is 10.0. The Morgan fingerprint density at radius 2 is 2.00 bits per heavy atom. The smallest absolute Gasteiger partial charge is 0.260 e. The fraction of sp³-hybridized carbons (Fsp3) is 0.619. The zero-order valence-corrected chi connectivity index (χ0v) is 18.7. The van der Waals surface area contributed by atoms with E-state index in [-0.39, 0.29) is 23.3 Å². The van der Waals surface area contributed by atoms with Crippen molar-refractivity contribution in [1.82, 2.24) is 10.2 Å². The Bertz CT molecular complexity index is 796. The molecule has 0 radical (unpaired) electrons. The molecule has 29 heavy (non-hydrogen) atoms. The minimum absolute atomic E-state index is 0.137. The van der Waals surface area contributed by atoms with Crippen LogP contribution in [0, 0.1) is 0 Å². The molecule has 2 amide bonds. The molecule has 8 heteroatoms. The Labute approximate surface area is 176 Å². The summed E-state index contributed by atoms with van der Waals surface area (Å²) in [6.45, 7) is 9.09. The Balaban J connectivity index is 1.81. The maximum absolute atomic E-state index is 13.4. The minimum atomic E-state index is -0.570. The highest BCUT2D eigenvalue weighted by Crippen LogP contribution is 2.58. The average molecular weight is 423 g/mol. The van der Waals surface area contributed by atoms with E-state index in [2.05, 4.69) is 5.32 Å². The van der Waals surface area contributed by atoms with Crippen molar-refractivity contribution < 1.29 is 23.8 Å². The van der Waals surface area contributed by atoms with Crippen LogP contribution in [0.2, 0.25) is 0 Å². The van der Waals surface area contributed by atoms with E-state index in [0.29, 0.717) is 30.2 Å². The molecule has 160 valence electrons. The van der Waals surface area contributed by atoms with Gasteiger partial charge in [0.1, 0.15) is 11.4 Å². The molecule has 1 aromatic carbocycles. The number of nitrogens with one attached hydrogen (secondary N) is 1. The monoisotopic (exact) mass is 422 g/mol. The van der Waals surface area contributed by atoms with Crippen LogP contribution in [0.5, 0.6) is 11.5 Å². The number of fused-ring (bicyclic) bond motifs is 3. The van der Waals surface area contributed by atoms with Crippen LogP contribution in [0.15, 0.2) is 12.1 Å². The number of thioether (sulfide) groups is 1. The predicted molar refractivity (Wildman–Crippen MR) is 113 cm³/mol. The van der Waals surface area contributed by atoms with Crippen LogP contribution >= 0.6 is 11.8 Å².